The number of hydrogen-bond acceptors (Lipinski definition) is 5. The Morgan fingerprint density at radius 3 is 2.54 bits per heavy atom. The summed E-state index contributed by atoms with van der Waals surface area (Å²) in [5.74, 6) is -2.59. The van der Waals surface area contributed by atoms with E-state index in [0.29, 0.717) is 24.8 Å². The van der Waals surface area contributed by atoms with Gasteiger partial charge in [-0.3, -0.25) is 14.4 Å². The van der Waals surface area contributed by atoms with Crippen molar-refractivity contribution in [3.8, 4) is 0 Å². The van der Waals surface area contributed by atoms with Crippen LogP contribution in [0.5, 0.6) is 0 Å². The fourth-order valence-corrected chi connectivity index (χ4v) is 9.10. The number of carbonyl (C=O) groups excluding carboxylic acids is 3. The van der Waals surface area contributed by atoms with Gasteiger partial charge in [-0.25, -0.2) is 4.39 Å². The molecule has 5 aliphatic carbocycles. The van der Waals surface area contributed by atoms with Gasteiger partial charge in [0.15, 0.2) is 22.8 Å². The minimum absolute atomic E-state index is 0.0137. The zero-order chi connectivity index (χ0) is 25.4. The van der Waals surface area contributed by atoms with Crippen LogP contribution in [-0.2, 0) is 19.1 Å². The quantitative estimate of drug-likeness (QED) is 0.434. The highest BCUT2D eigenvalue weighted by Crippen LogP contribution is 2.71. The van der Waals surface area contributed by atoms with E-state index in [2.05, 4.69) is 0 Å². The molecule has 0 amide bonds. The van der Waals surface area contributed by atoms with Crippen molar-refractivity contribution >= 4 is 29.1 Å². The molecule has 0 heterocycles. The molecule has 5 rings (SSSR count). The van der Waals surface area contributed by atoms with Gasteiger partial charge in [0.1, 0.15) is 0 Å². The van der Waals surface area contributed by atoms with Crippen LogP contribution >= 0.6 is 11.6 Å². The zero-order valence-corrected chi connectivity index (χ0v) is 21.6. The molecule has 4 fully saturated rings. The summed E-state index contributed by atoms with van der Waals surface area (Å²) in [5, 5.41) is 11.6. The van der Waals surface area contributed by atoms with Gasteiger partial charge in [0, 0.05) is 22.7 Å². The van der Waals surface area contributed by atoms with Crippen molar-refractivity contribution < 1.29 is 28.6 Å². The van der Waals surface area contributed by atoms with Crippen LogP contribution in [0.15, 0.2) is 23.8 Å². The second-order valence-corrected chi connectivity index (χ2v) is 12.4. The molecule has 192 valence electrons. The Balaban J connectivity index is 1.58. The van der Waals surface area contributed by atoms with Crippen LogP contribution in [0.25, 0.3) is 0 Å². The van der Waals surface area contributed by atoms with E-state index < -0.39 is 34.1 Å². The standard InChI is InChI=1S/C28H36ClFO5/c1-16-12-21-20-9-8-18-13-19(31)10-11-25(18,2)27(20,30)22(32)14-26(21,3)28(16,23(33)15-29)35-24(34)17-6-4-5-7-17/h10-11,13,16-17,20-22,32H,4-9,12,14-15H2,1-3H3/t16-,20-,21-,22-,25-,26-,27-,28-/m0/s1. The summed E-state index contributed by atoms with van der Waals surface area (Å²) in [6, 6.07) is 0. The molecule has 0 bridgehead atoms. The van der Waals surface area contributed by atoms with Crippen molar-refractivity contribution in [2.24, 2.45) is 34.5 Å². The van der Waals surface area contributed by atoms with Gasteiger partial charge >= 0.3 is 5.97 Å². The normalized spacial score (nSPS) is 47.0. The van der Waals surface area contributed by atoms with E-state index in [1.807, 2.05) is 13.8 Å². The number of ether oxygens (including phenoxy) is 1. The van der Waals surface area contributed by atoms with Crippen molar-refractivity contribution in [2.45, 2.75) is 89.5 Å². The summed E-state index contributed by atoms with van der Waals surface area (Å²) in [4.78, 5) is 38.9. The molecule has 0 unspecified atom stereocenters. The van der Waals surface area contributed by atoms with Crippen molar-refractivity contribution in [1.29, 1.82) is 0 Å². The Labute approximate surface area is 211 Å². The van der Waals surface area contributed by atoms with E-state index in [-0.39, 0.29) is 47.6 Å². The maximum Gasteiger partial charge on any atom is 0.309 e. The van der Waals surface area contributed by atoms with E-state index in [0.717, 1.165) is 25.7 Å². The SMILES string of the molecule is C[C@H]1C[C@H]2[C@@H]3CCC4=CC(=O)C=C[C@]4(C)[C@@]3(F)[C@@H](O)C[C@]2(C)[C@@]1(OC(=O)C1CCCC1)C(=O)CCl. The molecule has 4 saturated carbocycles. The second-order valence-electron chi connectivity index (χ2n) is 12.1. The van der Waals surface area contributed by atoms with Crippen LogP contribution in [0.3, 0.4) is 0 Å². The first-order chi connectivity index (χ1) is 16.5. The number of carbonyl (C=O) groups is 3. The highest BCUT2D eigenvalue weighted by molar-refractivity contribution is 6.29. The first-order valence-corrected chi connectivity index (χ1v) is 13.6. The van der Waals surface area contributed by atoms with Gasteiger partial charge in [0.25, 0.3) is 0 Å². The number of allylic oxidation sites excluding steroid dienone is 4. The average molecular weight is 507 g/mol. The third-order valence-electron chi connectivity index (χ3n) is 10.7. The van der Waals surface area contributed by atoms with E-state index in [4.69, 9.17) is 16.3 Å². The summed E-state index contributed by atoms with van der Waals surface area (Å²) < 4.78 is 23.6. The highest BCUT2D eigenvalue weighted by Gasteiger charge is 2.77. The fraction of sp³-hybridized carbons (Fsp3) is 0.750. The minimum Gasteiger partial charge on any atom is -0.450 e. The topological polar surface area (TPSA) is 80.7 Å². The maximum atomic E-state index is 17.4. The molecule has 5 nitrogen and oxygen atoms in total. The lowest BCUT2D eigenvalue weighted by Crippen LogP contribution is -2.70. The fourth-order valence-electron chi connectivity index (χ4n) is 8.90. The van der Waals surface area contributed by atoms with Crippen molar-refractivity contribution in [2.75, 3.05) is 5.88 Å². The predicted molar refractivity (Wildman–Crippen MR) is 129 cm³/mol. The number of aliphatic hydroxyl groups is 1. The van der Waals surface area contributed by atoms with Crippen LogP contribution < -0.4 is 0 Å². The van der Waals surface area contributed by atoms with E-state index in [9.17, 15) is 19.5 Å². The Bertz CT molecular complexity index is 1020. The molecule has 0 spiro atoms. The number of fused-ring (bicyclic) bond motifs is 5. The van der Waals surface area contributed by atoms with Gasteiger partial charge in [-0.15, -0.1) is 11.6 Å². The molecular formula is C28H36ClFO5. The number of Topliss-reactive ketones (excluding diaryl/α,β-unsaturated/α-hetero) is 1. The van der Waals surface area contributed by atoms with Crippen molar-refractivity contribution in [3.05, 3.63) is 23.8 Å². The Morgan fingerprint density at radius 2 is 1.89 bits per heavy atom. The van der Waals surface area contributed by atoms with E-state index in [1.54, 1.807) is 13.0 Å². The van der Waals surface area contributed by atoms with Crippen LogP contribution in [0.2, 0.25) is 0 Å². The Morgan fingerprint density at radius 1 is 1.20 bits per heavy atom. The van der Waals surface area contributed by atoms with E-state index in [1.165, 1.54) is 12.2 Å². The molecule has 0 saturated heterocycles. The first-order valence-electron chi connectivity index (χ1n) is 13.1. The van der Waals surface area contributed by atoms with Gasteiger partial charge < -0.3 is 9.84 Å². The van der Waals surface area contributed by atoms with Crippen molar-refractivity contribution in [1.82, 2.24) is 0 Å². The lowest BCUT2D eigenvalue weighted by atomic mass is 9.44. The minimum atomic E-state index is -1.99. The van der Waals surface area contributed by atoms with Crippen LogP contribution in [-0.4, -0.2) is 45.9 Å². The summed E-state index contributed by atoms with van der Waals surface area (Å²) in [5.41, 5.74) is -4.81. The molecule has 5 aliphatic rings. The Hall–Kier alpha value is -1.53. The van der Waals surface area contributed by atoms with Crippen LogP contribution in [0, 0.1) is 34.5 Å². The monoisotopic (exact) mass is 506 g/mol. The van der Waals surface area contributed by atoms with Crippen LogP contribution in [0.1, 0.15) is 72.1 Å². The molecule has 35 heavy (non-hydrogen) atoms. The number of hydrogen-bond donors (Lipinski definition) is 1. The lowest BCUT2D eigenvalue weighted by Gasteiger charge is -2.62. The van der Waals surface area contributed by atoms with Crippen molar-refractivity contribution in [3.63, 3.8) is 0 Å². The molecule has 0 aromatic heterocycles. The molecular weight excluding hydrogens is 471 g/mol. The van der Waals surface area contributed by atoms with Gasteiger partial charge in [-0.1, -0.05) is 38.3 Å². The lowest BCUT2D eigenvalue weighted by molar-refractivity contribution is -0.228. The summed E-state index contributed by atoms with van der Waals surface area (Å²) in [7, 11) is 0. The maximum absolute atomic E-state index is 17.4. The molecule has 0 aromatic rings. The molecule has 0 aromatic carbocycles. The second kappa shape index (κ2) is 8.24. The number of rotatable bonds is 4. The molecule has 8 atom stereocenters. The highest BCUT2D eigenvalue weighted by atomic mass is 35.5. The van der Waals surface area contributed by atoms with Crippen LogP contribution in [0.4, 0.5) is 4.39 Å². The third-order valence-corrected chi connectivity index (χ3v) is 10.9. The third kappa shape index (κ3) is 3.11. The molecule has 0 aliphatic heterocycles. The number of alkyl halides is 2. The molecule has 1 N–H and O–H groups in total. The summed E-state index contributed by atoms with van der Waals surface area (Å²) in [6.45, 7) is 5.57. The van der Waals surface area contributed by atoms with Gasteiger partial charge in [-0.05, 0) is 63.5 Å². The smallest absolute Gasteiger partial charge is 0.309 e. The first kappa shape index (κ1) is 25.1. The number of aliphatic hydroxyl groups excluding tert-OH is 1. The largest absolute Gasteiger partial charge is 0.450 e. The summed E-state index contributed by atoms with van der Waals surface area (Å²) in [6.07, 6.45) is 8.07. The Kier molecular flexibility index (Phi) is 5.92. The number of esters is 1. The molecule has 7 heteroatoms. The van der Waals surface area contributed by atoms with Gasteiger partial charge in [0.2, 0.25) is 0 Å². The number of halogens is 2. The van der Waals surface area contributed by atoms with Gasteiger partial charge in [0.05, 0.1) is 17.9 Å². The summed E-state index contributed by atoms with van der Waals surface area (Å²) >= 11 is 6.13. The average Bonchev–Trinajstić information content (AvgIpc) is 3.42. The van der Waals surface area contributed by atoms with E-state index >= 15 is 4.39 Å². The predicted octanol–water partition coefficient (Wildman–Crippen LogP) is 4.88. The number of ketones is 2. The van der Waals surface area contributed by atoms with Gasteiger partial charge in [-0.2, -0.15) is 0 Å². The zero-order valence-electron chi connectivity index (χ0n) is 20.8. The molecule has 0 radical (unpaired) electrons.